The lowest BCUT2D eigenvalue weighted by Gasteiger charge is -2.48. The van der Waals surface area contributed by atoms with Gasteiger partial charge in [-0.25, -0.2) is 13.1 Å². The van der Waals surface area contributed by atoms with Gasteiger partial charge in [-0.05, 0) is 86.6 Å². The van der Waals surface area contributed by atoms with Gasteiger partial charge in [0.15, 0.2) is 0 Å². The fourth-order valence-electron chi connectivity index (χ4n) is 5.97. The number of aliphatic hydroxyl groups excluding tert-OH is 1. The predicted octanol–water partition coefficient (Wildman–Crippen LogP) is 4.74. The minimum atomic E-state index is -3.84. The van der Waals surface area contributed by atoms with E-state index in [2.05, 4.69) is 29.8 Å². The van der Waals surface area contributed by atoms with E-state index in [4.69, 9.17) is 10.5 Å². The van der Waals surface area contributed by atoms with E-state index >= 15 is 0 Å². The van der Waals surface area contributed by atoms with E-state index < -0.39 is 27.7 Å². The van der Waals surface area contributed by atoms with Gasteiger partial charge in [-0.3, -0.25) is 0 Å². The normalized spacial score (nSPS) is 25.6. The fourth-order valence-corrected chi connectivity index (χ4v) is 7.26. The molecular formula is C30H38N2O4S. The molecule has 6 nitrogen and oxygen atoms in total. The molecule has 37 heavy (non-hydrogen) atoms. The summed E-state index contributed by atoms with van der Waals surface area (Å²) in [6.45, 7) is 2.13. The summed E-state index contributed by atoms with van der Waals surface area (Å²) >= 11 is 0. The Labute approximate surface area is 220 Å². The van der Waals surface area contributed by atoms with Crippen LogP contribution in [0.2, 0.25) is 0 Å². The highest BCUT2D eigenvalue weighted by atomic mass is 32.2. The number of aryl methyl sites for hydroxylation is 1. The Balaban J connectivity index is 1.43. The summed E-state index contributed by atoms with van der Waals surface area (Å²) in [4.78, 5) is 0.176. The standard InChI is InChI=1S/C30H38N2O4S/c1-2-22-12-13-28-25(18-22)23(20-30(36-28)16-9-17-30)19-27(33)26(21-29(31)14-7-4-8-15-29)32-37(34,35)24-10-5-3-6-11-24/h3-8,10-14,18,23,26-27,32-33H,2,9,15-17,19-21,31H2,1H3/t23-,26?,27+,29-/m0/s1. The first-order valence-electron chi connectivity index (χ1n) is 13.4. The van der Waals surface area contributed by atoms with E-state index in [1.807, 2.05) is 24.3 Å². The largest absolute Gasteiger partial charge is 0.487 e. The third-order valence-electron chi connectivity index (χ3n) is 8.26. The van der Waals surface area contributed by atoms with Gasteiger partial charge in [-0.1, -0.05) is 61.6 Å². The molecule has 1 saturated carbocycles. The van der Waals surface area contributed by atoms with Gasteiger partial charge in [0.05, 0.1) is 17.0 Å². The van der Waals surface area contributed by atoms with Crippen molar-refractivity contribution in [2.75, 3.05) is 0 Å². The van der Waals surface area contributed by atoms with E-state index in [9.17, 15) is 13.5 Å². The van der Waals surface area contributed by atoms with Gasteiger partial charge < -0.3 is 15.6 Å². The molecule has 1 spiro atoms. The van der Waals surface area contributed by atoms with Gasteiger partial charge in [-0.15, -0.1) is 0 Å². The smallest absolute Gasteiger partial charge is 0.240 e. The second kappa shape index (κ2) is 10.4. The number of aliphatic hydroxyl groups is 1. The monoisotopic (exact) mass is 522 g/mol. The molecule has 5 rings (SSSR count). The van der Waals surface area contributed by atoms with E-state index in [0.717, 1.165) is 43.4 Å². The van der Waals surface area contributed by atoms with Crippen molar-refractivity contribution in [1.82, 2.24) is 4.72 Å². The predicted molar refractivity (Wildman–Crippen MR) is 146 cm³/mol. The van der Waals surface area contributed by atoms with Gasteiger partial charge in [0, 0.05) is 5.54 Å². The van der Waals surface area contributed by atoms with Gasteiger partial charge in [0.1, 0.15) is 11.4 Å². The molecule has 1 aliphatic heterocycles. The van der Waals surface area contributed by atoms with Crippen LogP contribution in [0.4, 0.5) is 0 Å². The van der Waals surface area contributed by atoms with Crippen molar-refractivity contribution < 1.29 is 18.3 Å². The first kappa shape index (κ1) is 26.2. The highest BCUT2D eigenvalue weighted by molar-refractivity contribution is 7.89. The van der Waals surface area contributed by atoms with Crippen molar-refractivity contribution in [2.24, 2.45) is 5.73 Å². The number of nitrogens with one attached hydrogen (secondary N) is 1. The maximum absolute atomic E-state index is 13.3. The molecule has 0 saturated heterocycles. The van der Waals surface area contributed by atoms with Crippen molar-refractivity contribution in [3.8, 4) is 5.75 Å². The van der Waals surface area contributed by atoms with E-state index in [-0.39, 0.29) is 22.8 Å². The average Bonchev–Trinajstić information content (AvgIpc) is 2.87. The number of rotatable bonds is 9. The van der Waals surface area contributed by atoms with Crippen LogP contribution in [0.5, 0.6) is 5.75 Å². The van der Waals surface area contributed by atoms with Gasteiger partial charge >= 0.3 is 0 Å². The zero-order chi connectivity index (χ0) is 26.1. The Morgan fingerprint density at radius 3 is 2.59 bits per heavy atom. The van der Waals surface area contributed by atoms with Crippen LogP contribution < -0.4 is 15.2 Å². The lowest BCUT2D eigenvalue weighted by molar-refractivity contribution is -0.0392. The number of hydrogen-bond acceptors (Lipinski definition) is 5. The van der Waals surface area contributed by atoms with Crippen molar-refractivity contribution in [3.05, 3.63) is 84.0 Å². The molecule has 4 N–H and O–H groups in total. The van der Waals surface area contributed by atoms with Crippen LogP contribution in [-0.2, 0) is 16.4 Å². The molecule has 7 heteroatoms. The van der Waals surface area contributed by atoms with E-state index in [0.29, 0.717) is 12.8 Å². The zero-order valence-corrected chi connectivity index (χ0v) is 22.3. The number of sulfonamides is 1. The molecule has 1 unspecified atom stereocenters. The summed E-state index contributed by atoms with van der Waals surface area (Å²) < 4.78 is 35.9. The van der Waals surface area contributed by atoms with Crippen molar-refractivity contribution in [1.29, 1.82) is 0 Å². The van der Waals surface area contributed by atoms with E-state index in [1.165, 1.54) is 5.56 Å². The first-order chi connectivity index (χ1) is 17.7. The highest BCUT2D eigenvalue weighted by Crippen LogP contribution is 2.51. The zero-order valence-electron chi connectivity index (χ0n) is 21.5. The average molecular weight is 523 g/mol. The maximum atomic E-state index is 13.3. The van der Waals surface area contributed by atoms with Gasteiger partial charge in [-0.2, -0.15) is 0 Å². The van der Waals surface area contributed by atoms with Crippen molar-refractivity contribution in [2.45, 2.75) is 92.4 Å². The maximum Gasteiger partial charge on any atom is 0.240 e. The molecule has 1 heterocycles. The highest BCUT2D eigenvalue weighted by Gasteiger charge is 2.46. The summed E-state index contributed by atoms with van der Waals surface area (Å²) in [5.74, 6) is 0.974. The van der Waals surface area contributed by atoms with Crippen LogP contribution in [0.15, 0.2) is 77.7 Å². The van der Waals surface area contributed by atoms with E-state index in [1.54, 1.807) is 30.3 Å². The molecule has 4 atom stereocenters. The quantitative estimate of drug-likeness (QED) is 0.442. The molecule has 3 aliphatic rings. The minimum absolute atomic E-state index is 0.0739. The Hall–Kier alpha value is -2.45. The van der Waals surface area contributed by atoms with Crippen LogP contribution >= 0.6 is 0 Å². The second-order valence-electron chi connectivity index (χ2n) is 11.0. The second-order valence-corrected chi connectivity index (χ2v) is 12.8. The molecule has 2 aromatic carbocycles. The number of allylic oxidation sites excluding steroid dienone is 2. The lowest BCUT2D eigenvalue weighted by Crippen LogP contribution is -2.52. The number of hydrogen-bond donors (Lipinski definition) is 3. The lowest BCUT2D eigenvalue weighted by atomic mass is 9.69. The molecule has 0 radical (unpaired) electrons. The first-order valence-corrected chi connectivity index (χ1v) is 14.9. The van der Waals surface area contributed by atoms with Crippen LogP contribution in [0, 0.1) is 0 Å². The molecule has 198 valence electrons. The molecule has 2 aromatic rings. The van der Waals surface area contributed by atoms with Crippen molar-refractivity contribution in [3.63, 3.8) is 0 Å². The molecule has 1 fully saturated rings. The Morgan fingerprint density at radius 2 is 1.95 bits per heavy atom. The van der Waals surface area contributed by atoms with Crippen LogP contribution in [0.25, 0.3) is 0 Å². The molecule has 0 amide bonds. The number of benzene rings is 2. The van der Waals surface area contributed by atoms with Crippen LogP contribution in [-0.4, -0.2) is 36.8 Å². The summed E-state index contributed by atoms with van der Waals surface area (Å²) in [7, 11) is -3.84. The number of nitrogens with two attached hydrogens (primary N) is 1. The third-order valence-corrected chi connectivity index (χ3v) is 9.76. The Bertz CT molecular complexity index is 1270. The molecule has 0 aromatic heterocycles. The van der Waals surface area contributed by atoms with Crippen molar-refractivity contribution >= 4 is 10.0 Å². The number of fused-ring (bicyclic) bond motifs is 1. The molecule has 0 bridgehead atoms. The van der Waals surface area contributed by atoms with Gasteiger partial charge in [0.25, 0.3) is 0 Å². The summed E-state index contributed by atoms with van der Waals surface area (Å²) in [5.41, 5.74) is 8.11. The number of ether oxygens (including phenoxy) is 1. The molecular weight excluding hydrogens is 484 g/mol. The Morgan fingerprint density at radius 1 is 1.16 bits per heavy atom. The minimum Gasteiger partial charge on any atom is -0.487 e. The van der Waals surface area contributed by atoms with Gasteiger partial charge in [0.2, 0.25) is 10.0 Å². The summed E-state index contributed by atoms with van der Waals surface area (Å²) in [5, 5.41) is 11.7. The van der Waals surface area contributed by atoms with Crippen LogP contribution in [0.1, 0.15) is 68.9 Å². The Kier molecular flexibility index (Phi) is 7.33. The summed E-state index contributed by atoms with van der Waals surface area (Å²) in [6, 6.07) is 13.9. The third kappa shape index (κ3) is 5.70. The van der Waals surface area contributed by atoms with Crippen LogP contribution in [0.3, 0.4) is 0 Å². The fraction of sp³-hybridized carbons (Fsp3) is 0.467. The SMILES string of the molecule is CCc1ccc2c(c1)[C@@H](C[C@@H](O)C(C[C@]1(N)C=CC=CC1)NS(=O)(=O)c1ccccc1)CC1(CCC1)O2. The molecule has 2 aliphatic carbocycles. The topological polar surface area (TPSA) is 102 Å². The summed E-state index contributed by atoms with van der Waals surface area (Å²) in [6.07, 6.45) is 13.0.